The molecule has 1 heterocycles. The molecule has 0 spiro atoms. The van der Waals surface area contributed by atoms with E-state index in [4.69, 9.17) is 0 Å². The second kappa shape index (κ2) is 7.22. The number of carbonyl (C=O) groups excluding carboxylic acids is 1. The van der Waals surface area contributed by atoms with Crippen LogP contribution in [0.2, 0.25) is 0 Å². The third kappa shape index (κ3) is 4.29. The number of hydrogen-bond acceptors (Lipinski definition) is 3. The van der Waals surface area contributed by atoms with Crippen molar-refractivity contribution in [2.24, 2.45) is 0 Å². The van der Waals surface area contributed by atoms with Crippen molar-refractivity contribution in [2.45, 2.75) is 44.2 Å². The van der Waals surface area contributed by atoms with Gasteiger partial charge in [0.15, 0.2) is 0 Å². The van der Waals surface area contributed by atoms with Crippen LogP contribution in [0.4, 0.5) is 0 Å². The first-order valence-electron chi connectivity index (χ1n) is 7.32. The summed E-state index contributed by atoms with van der Waals surface area (Å²) < 4.78 is 0. The summed E-state index contributed by atoms with van der Waals surface area (Å²) >= 11 is 0. The number of carboxylic acids is 1. The predicted octanol–water partition coefficient (Wildman–Crippen LogP) is 1.45. The Balaban J connectivity index is 1.85. The number of hydrogen-bond donors (Lipinski definition) is 2. The molecule has 5 nitrogen and oxygen atoms in total. The van der Waals surface area contributed by atoms with Crippen LogP contribution in [0.1, 0.15) is 31.2 Å². The zero-order valence-electron chi connectivity index (χ0n) is 11.9. The number of rotatable bonds is 5. The van der Waals surface area contributed by atoms with Gasteiger partial charge in [0.1, 0.15) is 6.04 Å². The van der Waals surface area contributed by atoms with E-state index in [1.54, 1.807) is 0 Å². The Bertz CT molecular complexity index is 488. The van der Waals surface area contributed by atoms with E-state index in [0.29, 0.717) is 25.8 Å². The molecule has 0 aromatic heterocycles. The van der Waals surface area contributed by atoms with Gasteiger partial charge in [-0.1, -0.05) is 30.3 Å². The highest BCUT2D eigenvalue weighted by molar-refractivity contribution is 5.83. The fraction of sp³-hybridized carbons (Fsp3) is 0.500. The van der Waals surface area contributed by atoms with Gasteiger partial charge >= 0.3 is 5.97 Å². The number of aliphatic carboxylic acids is 1. The summed E-state index contributed by atoms with van der Waals surface area (Å²) in [6, 6.07) is 9.01. The van der Waals surface area contributed by atoms with E-state index in [-0.39, 0.29) is 12.3 Å². The lowest BCUT2D eigenvalue weighted by molar-refractivity contribution is -0.154. The summed E-state index contributed by atoms with van der Waals surface area (Å²) in [5, 5.41) is 18.7. The minimum absolute atomic E-state index is 0.125. The van der Waals surface area contributed by atoms with Crippen molar-refractivity contribution in [3.8, 4) is 0 Å². The molecule has 114 valence electrons. The van der Waals surface area contributed by atoms with Crippen LogP contribution in [0.25, 0.3) is 0 Å². The van der Waals surface area contributed by atoms with Crippen LogP contribution in [0, 0.1) is 0 Å². The zero-order chi connectivity index (χ0) is 15.2. The third-order valence-corrected chi connectivity index (χ3v) is 3.88. The number of likely N-dealkylation sites (tertiary alicyclic amines) is 1. The first-order chi connectivity index (χ1) is 10.1. The van der Waals surface area contributed by atoms with Crippen molar-refractivity contribution < 1.29 is 19.8 Å². The number of aryl methyl sites for hydroxylation is 1. The van der Waals surface area contributed by atoms with Crippen molar-refractivity contribution in [3.05, 3.63) is 35.9 Å². The maximum absolute atomic E-state index is 12.2. The molecule has 0 unspecified atom stereocenters. The van der Waals surface area contributed by atoms with Crippen LogP contribution in [0.5, 0.6) is 0 Å². The van der Waals surface area contributed by atoms with Gasteiger partial charge in [-0.05, 0) is 24.8 Å². The molecule has 2 atom stereocenters. The quantitative estimate of drug-likeness (QED) is 0.860. The highest BCUT2D eigenvalue weighted by Gasteiger charge is 2.35. The average molecular weight is 291 g/mol. The molecule has 1 fully saturated rings. The number of benzene rings is 1. The second-order valence-electron chi connectivity index (χ2n) is 5.46. The van der Waals surface area contributed by atoms with Crippen LogP contribution >= 0.6 is 0 Å². The third-order valence-electron chi connectivity index (χ3n) is 3.88. The van der Waals surface area contributed by atoms with E-state index in [9.17, 15) is 19.8 Å². The summed E-state index contributed by atoms with van der Waals surface area (Å²) in [4.78, 5) is 24.8. The molecule has 0 bridgehead atoms. The van der Waals surface area contributed by atoms with Crippen molar-refractivity contribution >= 4 is 11.9 Å². The summed E-state index contributed by atoms with van der Waals surface area (Å²) in [6.07, 6.45) is 1.80. The molecular weight excluding hydrogens is 270 g/mol. The number of amides is 1. The summed E-state index contributed by atoms with van der Waals surface area (Å²) in [5.41, 5.74) is 1.18. The van der Waals surface area contributed by atoms with Gasteiger partial charge in [-0.15, -0.1) is 0 Å². The number of nitrogens with zero attached hydrogens (tertiary/aromatic N) is 1. The number of carboxylic acid groups (broad SMARTS) is 1. The van der Waals surface area contributed by atoms with Gasteiger partial charge in [-0.25, -0.2) is 4.79 Å². The molecule has 0 aliphatic carbocycles. The van der Waals surface area contributed by atoms with Crippen molar-refractivity contribution in [1.29, 1.82) is 0 Å². The molecule has 0 saturated carbocycles. The normalized spacial score (nSPS) is 22.0. The summed E-state index contributed by atoms with van der Waals surface area (Å²) in [6.45, 7) is 0.322. The molecule has 2 rings (SSSR count). The van der Waals surface area contributed by atoms with E-state index in [0.717, 1.165) is 6.42 Å². The minimum Gasteiger partial charge on any atom is -0.480 e. The van der Waals surface area contributed by atoms with Gasteiger partial charge in [0.05, 0.1) is 6.10 Å². The average Bonchev–Trinajstić information content (AvgIpc) is 2.48. The lowest BCUT2D eigenvalue weighted by Gasteiger charge is -2.35. The van der Waals surface area contributed by atoms with Crippen LogP contribution in [-0.4, -0.2) is 45.7 Å². The Labute approximate surface area is 124 Å². The first-order valence-corrected chi connectivity index (χ1v) is 7.32. The monoisotopic (exact) mass is 291 g/mol. The Morgan fingerprint density at radius 1 is 1.24 bits per heavy atom. The van der Waals surface area contributed by atoms with E-state index in [2.05, 4.69) is 0 Å². The SMILES string of the molecule is O=C(O)[C@H]1C[C@@H](O)CCN1C(=O)CCCc1ccccc1. The highest BCUT2D eigenvalue weighted by atomic mass is 16.4. The molecule has 1 amide bonds. The molecule has 1 saturated heterocycles. The lowest BCUT2D eigenvalue weighted by atomic mass is 9.98. The number of piperidine rings is 1. The molecule has 1 aliphatic rings. The van der Waals surface area contributed by atoms with Crippen molar-refractivity contribution in [3.63, 3.8) is 0 Å². The predicted molar refractivity (Wildman–Crippen MR) is 77.8 cm³/mol. The molecule has 0 radical (unpaired) electrons. The molecule has 1 aliphatic heterocycles. The van der Waals surface area contributed by atoms with Crippen LogP contribution in [-0.2, 0) is 16.0 Å². The maximum atomic E-state index is 12.2. The van der Waals surface area contributed by atoms with E-state index < -0.39 is 18.1 Å². The maximum Gasteiger partial charge on any atom is 0.326 e. The topological polar surface area (TPSA) is 77.8 Å². The molecule has 21 heavy (non-hydrogen) atoms. The minimum atomic E-state index is -1.04. The number of aliphatic hydroxyl groups is 1. The fourth-order valence-corrected chi connectivity index (χ4v) is 2.71. The van der Waals surface area contributed by atoms with E-state index >= 15 is 0 Å². The van der Waals surface area contributed by atoms with Crippen LogP contribution in [0.3, 0.4) is 0 Å². The first kappa shape index (κ1) is 15.5. The van der Waals surface area contributed by atoms with Gasteiger partial charge < -0.3 is 15.1 Å². The van der Waals surface area contributed by atoms with E-state index in [1.165, 1.54) is 10.5 Å². The largest absolute Gasteiger partial charge is 0.480 e. The number of aliphatic hydroxyl groups excluding tert-OH is 1. The second-order valence-corrected chi connectivity index (χ2v) is 5.46. The fourth-order valence-electron chi connectivity index (χ4n) is 2.71. The van der Waals surface area contributed by atoms with Gasteiger partial charge in [0.2, 0.25) is 5.91 Å². The van der Waals surface area contributed by atoms with Crippen molar-refractivity contribution in [1.82, 2.24) is 4.90 Å². The smallest absolute Gasteiger partial charge is 0.326 e. The van der Waals surface area contributed by atoms with Crippen molar-refractivity contribution in [2.75, 3.05) is 6.54 Å². The van der Waals surface area contributed by atoms with Crippen LogP contribution in [0.15, 0.2) is 30.3 Å². The lowest BCUT2D eigenvalue weighted by Crippen LogP contribution is -2.51. The molecule has 1 aromatic carbocycles. The molecule has 1 aromatic rings. The van der Waals surface area contributed by atoms with Gasteiger partial charge in [0, 0.05) is 19.4 Å². The molecule has 5 heteroatoms. The standard InChI is InChI=1S/C16H21NO4/c18-13-9-10-17(14(11-13)16(20)21)15(19)8-4-7-12-5-2-1-3-6-12/h1-3,5-6,13-14,18H,4,7-11H2,(H,20,21)/t13-,14+/m0/s1. The summed E-state index contributed by atoms with van der Waals surface area (Å²) in [5.74, 6) is -1.17. The Kier molecular flexibility index (Phi) is 5.33. The van der Waals surface area contributed by atoms with Crippen LogP contribution < -0.4 is 0 Å². The van der Waals surface area contributed by atoms with Gasteiger partial charge in [-0.2, -0.15) is 0 Å². The Morgan fingerprint density at radius 3 is 2.62 bits per heavy atom. The molecule has 2 N–H and O–H groups in total. The number of carbonyl (C=O) groups is 2. The van der Waals surface area contributed by atoms with Gasteiger partial charge in [-0.3, -0.25) is 4.79 Å². The zero-order valence-corrected chi connectivity index (χ0v) is 11.9. The van der Waals surface area contributed by atoms with Gasteiger partial charge in [0.25, 0.3) is 0 Å². The summed E-state index contributed by atoms with van der Waals surface area (Å²) in [7, 11) is 0. The Hall–Kier alpha value is -1.88. The Morgan fingerprint density at radius 2 is 1.95 bits per heavy atom. The van der Waals surface area contributed by atoms with E-state index in [1.807, 2.05) is 30.3 Å². The highest BCUT2D eigenvalue weighted by Crippen LogP contribution is 2.19. The molecular formula is C16H21NO4.